The molecule has 2 amide bonds. The van der Waals surface area contributed by atoms with Gasteiger partial charge in [-0.2, -0.15) is 0 Å². The van der Waals surface area contributed by atoms with Crippen LogP contribution in [-0.4, -0.2) is 34.0 Å². The number of anilines is 1. The summed E-state index contributed by atoms with van der Waals surface area (Å²) in [6.45, 7) is 1.71. The molecule has 1 aromatic rings. The zero-order chi connectivity index (χ0) is 11.8. The number of piperidine rings is 1. The first kappa shape index (κ1) is 10.6. The summed E-state index contributed by atoms with van der Waals surface area (Å²) in [4.78, 5) is 21.4. The number of urea groups is 1. The highest BCUT2D eigenvalue weighted by Gasteiger charge is 2.46. The molecule has 6 nitrogen and oxygen atoms in total. The van der Waals surface area contributed by atoms with Gasteiger partial charge in [-0.3, -0.25) is 10.9 Å². The maximum absolute atomic E-state index is 11.8. The Morgan fingerprint density at radius 1 is 1.35 bits per heavy atom. The maximum atomic E-state index is 11.8. The van der Waals surface area contributed by atoms with E-state index in [1.807, 2.05) is 0 Å². The molecule has 0 unspecified atom stereocenters. The quantitative estimate of drug-likeness (QED) is 0.775. The molecule has 90 valence electrons. The predicted octanol–water partition coefficient (Wildman–Crippen LogP) is 1.12. The molecular weight excluding hydrogens is 242 g/mol. The van der Waals surface area contributed by atoms with Crippen molar-refractivity contribution in [1.29, 1.82) is 0 Å². The van der Waals surface area contributed by atoms with Crippen molar-refractivity contribution < 1.29 is 4.79 Å². The Bertz CT molecular complexity index is 444. The van der Waals surface area contributed by atoms with E-state index in [-0.39, 0.29) is 11.2 Å². The lowest BCUT2D eigenvalue weighted by Gasteiger charge is -2.19. The van der Waals surface area contributed by atoms with Crippen LogP contribution >= 0.6 is 11.6 Å². The highest BCUT2D eigenvalue weighted by Crippen LogP contribution is 2.44. The summed E-state index contributed by atoms with van der Waals surface area (Å²) < 4.78 is 0. The van der Waals surface area contributed by atoms with Crippen molar-refractivity contribution in [2.75, 3.05) is 18.5 Å². The number of aromatic nitrogens is 2. The minimum absolute atomic E-state index is 0.140. The molecule has 1 saturated heterocycles. The lowest BCUT2D eigenvalue weighted by atomic mass is 10.4. The standard InChI is InChI=1S/C10H12ClN5O/c11-8-9(13-2-1-12-8)14-15-10(17)16-4-6-3-7(6)5-16/h1-2,6-7H,3-5H2,(H,13,14)(H,15,17)/t6-,7+. The van der Waals surface area contributed by atoms with Gasteiger partial charge in [-0.1, -0.05) is 11.6 Å². The maximum Gasteiger partial charge on any atom is 0.336 e. The molecule has 2 heterocycles. The van der Waals surface area contributed by atoms with Gasteiger partial charge in [-0.05, 0) is 18.3 Å². The van der Waals surface area contributed by atoms with Crippen LogP contribution in [0.1, 0.15) is 6.42 Å². The van der Waals surface area contributed by atoms with Crippen LogP contribution in [0.5, 0.6) is 0 Å². The second-order valence-electron chi connectivity index (χ2n) is 4.41. The Morgan fingerprint density at radius 3 is 2.76 bits per heavy atom. The van der Waals surface area contributed by atoms with E-state index < -0.39 is 0 Å². The van der Waals surface area contributed by atoms with E-state index in [1.165, 1.54) is 18.8 Å². The molecule has 2 aliphatic rings. The van der Waals surface area contributed by atoms with Gasteiger partial charge in [0.15, 0.2) is 11.0 Å². The molecule has 1 saturated carbocycles. The van der Waals surface area contributed by atoms with E-state index in [2.05, 4.69) is 20.8 Å². The highest BCUT2D eigenvalue weighted by molar-refractivity contribution is 6.31. The van der Waals surface area contributed by atoms with Crippen LogP contribution in [0.25, 0.3) is 0 Å². The lowest BCUT2D eigenvalue weighted by molar-refractivity contribution is 0.206. The van der Waals surface area contributed by atoms with Crippen LogP contribution in [0, 0.1) is 11.8 Å². The van der Waals surface area contributed by atoms with Gasteiger partial charge in [0.25, 0.3) is 0 Å². The van der Waals surface area contributed by atoms with Crippen LogP contribution in [0.2, 0.25) is 5.15 Å². The number of nitrogens with one attached hydrogen (secondary N) is 2. The first-order chi connectivity index (χ1) is 8.24. The van der Waals surface area contributed by atoms with E-state index in [1.54, 1.807) is 4.90 Å². The van der Waals surface area contributed by atoms with Gasteiger partial charge in [-0.25, -0.2) is 14.8 Å². The Balaban J connectivity index is 1.54. The fourth-order valence-electron chi connectivity index (χ4n) is 2.16. The highest BCUT2D eigenvalue weighted by atomic mass is 35.5. The average Bonchev–Trinajstić information content (AvgIpc) is 2.95. The van der Waals surface area contributed by atoms with Crippen molar-refractivity contribution in [3.05, 3.63) is 17.5 Å². The number of nitrogens with zero attached hydrogens (tertiary/aromatic N) is 3. The van der Waals surface area contributed by atoms with Crippen molar-refractivity contribution >= 4 is 23.4 Å². The zero-order valence-electron chi connectivity index (χ0n) is 9.06. The summed E-state index contributed by atoms with van der Waals surface area (Å²) in [5.41, 5.74) is 5.25. The minimum atomic E-state index is -0.140. The Hall–Kier alpha value is -1.56. The molecule has 2 atom stereocenters. The van der Waals surface area contributed by atoms with E-state index in [9.17, 15) is 4.79 Å². The molecule has 1 aromatic heterocycles. The summed E-state index contributed by atoms with van der Waals surface area (Å²) in [5, 5.41) is 0.233. The number of carbonyl (C=O) groups excluding carboxylic acids is 1. The largest absolute Gasteiger partial charge is 0.336 e. The second kappa shape index (κ2) is 4.03. The SMILES string of the molecule is O=C(NNc1nccnc1Cl)N1C[C@H]2C[C@H]2C1. The number of hydrogen-bond acceptors (Lipinski definition) is 4. The van der Waals surface area contributed by atoms with Gasteiger partial charge in [-0.15, -0.1) is 0 Å². The van der Waals surface area contributed by atoms with Gasteiger partial charge >= 0.3 is 6.03 Å². The van der Waals surface area contributed by atoms with E-state index in [0.717, 1.165) is 24.9 Å². The number of carbonyl (C=O) groups is 1. The molecular formula is C10H12ClN5O. The summed E-state index contributed by atoms with van der Waals surface area (Å²) in [6.07, 6.45) is 4.27. The number of amides is 2. The van der Waals surface area contributed by atoms with E-state index in [0.29, 0.717) is 5.82 Å². The molecule has 0 radical (unpaired) electrons. The van der Waals surface area contributed by atoms with Crippen molar-refractivity contribution in [2.45, 2.75) is 6.42 Å². The molecule has 1 aliphatic heterocycles. The van der Waals surface area contributed by atoms with Gasteiger partial charge in [0, 0.05) is 25.5 Å². The molecule has 2 fully saturated rings. The summed E-state index contributed by atoms with van der Waals surface area (Å²) >= 11 is 5.80. The number of rotatable bonds is 2. The molecule has 3 rings (SSSR count). The minimum Gasteiger partial charge on any atom is -0.323 e. The molecule has 2 N–H and O–H groups in total. The fraction of sp³-hybridized carbons (Fsp3) is 0.500. The smallest absolute Gasteiger partial charge is 0.323 e. The second-order valence-corrected chi connectivity index (χ2v) is 4.77. The lowest BCUT2D eigenvalue weighted by Crippen LogP contribution is -2.42. The summed E-state index contributed by atoms with van der Waals surface area (Å²) in [7, 11) is 0. The van der Waals surface area contributed by atoms with Crippen LogP contribution < -0.4 is 10.9 Å². The fourth-order valence-corrected chi connectivity index (χ4v) is 2.31. The van der Waals surface area contributed by atoms with Crippen LogP contribution in [0.4, 0.5) is 10.6 Å². The normalized spacial score (nSPS) is 25.4. The van der Waals surface area contributed by atoms with Crippen molar-refractivity contribution in [1.82, 2.24) is 20.3 Å². The average molecular weight is 254 g/mol. The first-order valence-electron chi connectivity index (χ1n) is 5.51. The van der Waals surface area contributed by atoms with Crippen molar-refractivity contribution in [2.24, 2.45) is 11.8 Å². The van der Waals surface area contributed by atoms with Crippen molar-refractivity contribution in [3.63, 3.8) is 0 Å². The zero-order valence-corrected chi connectivity index (χ0v) is 9.81. The van der Waals surface area contributed by atoms with Gasteiger partial charge in [0.05, 0.1) is 0 Å². The van der Waals surface area contributed by atoms with Gasteiger partial charge < -0.3 is 4.90 Å². The van der Waals surface area contributed by atoms with Crippen LogP contribution in [0.3, 0.4) is 0 Å². The number of likely N-dealkylation sites (tertiary alicyclic amines) is 1. The summed E-state index contributed by atoms with van der Waals surface area (Å²) in [6, 6.07) is -0.140. The number of fused-ring (bicyclic) bond motifs is 1. The third kappa shape index (κ3) is 2.12. The van der Waals surface area contributed by atoms with E-state index >= 15 is 0 Å². The van der Waals surface area contributed by atoms with Gasteiger partial charge in [0.1, 0.15) is 0 Å². The predicted molar refractivity (Wildman–Crippen MR) is 62.4 cm³/mol. The Kier molecular flexibility index (Phi) is 2.51. The Labute approximate surface area is 103 Å². The van der Waals surface area contributed by atoms with Crippen LogP contribution in [0.15, 0.2) is 12.4 Å². The Morgan fingerprint density at radius 2 is 2.06 bits per heavy atom. The van der Waals surface area contributed by atoms with E-state index in [4.69, 9.17) is 11.6 Å². The first-order valence-corrected chi connectivity index (χ1v) is 5.89. The van der Waals surface area contributed by atoms with Gasteiger partial charge in [0.2, 0.25) is 0 Å². The van der Waals surface area contributed by atoms with Crippen LogP contribution in [-0.2, 0) is 0 Å². The molecule has 7 heteroatoms. The number of hydrogen-bond donors (Lipinski definition) is 2. The molecule has 0 aromatic carbocycles. The molecule has 17 heavy (non-hydrogen) atoms. The molecule has 0 spiro atoms. The topological polar surface area (TPSA) is 70.1 Å². The third-order valence-corrected chi connectivity index (χ3v) is 3.48. The van der Waals surface area contributed by atoms with Crippen molar-refractivity contribution in [3.8, 4) is 0 Å². The molecule has 0 bridgehead atoms. The number of halogens is 1. The summed E-state index contributed by atoms with van der Waals surface area (Å²) in [5.74, 6) is 1.80. The monoisotopic (exact) mass is 253 g/mol. The third-order valence-electron chi connectivity index (χ3n) is 3.21. The number of hydrazine groups is 1. The molecule has 1 aliphatic carbocycles.